The van der Waals surface area contributed by atoms with E-state index in [1.165, 1.54) is 86.5 Å². The van der Waals surface area contributed by atoms with Crippen molar-refractivity contribution in [1.82, 2.24) is 9.97 Å². The molecule has 0 aliphatic heterocycles. The van der Waals surface area contributed by atoms with Gasteiger partial charge in [0, 0.05) is 38.0 Å². The zero-order chi connectivity index (χ0) is 44.3. The fraction of sp³-hybridized carbons (Fsp3) is 0.667. The average molecular weight is 869 g/mol. The molecule has 2 aromatic heterocycles. The van der Waals surface area contributed by atoms with E-state index in [1.807, 2.05) is 12.4 Å². The Bertz CT molecular complexity index is 2000. The van der Waals surface area contributed by atoms with Crippen LogP contribution in [0.3, 0.4) is 0 Å². The van der Waals surface area contributed by atoms with Crippen molar-refractivity contribution in [2.24, 2.45) is 69.0 Å². The first-order valence-electron chi connectivity index (χ1n) is 25.6. The van der Waals surface area contributed by atoms with Crippen LogP contribution in [0.25, 0.3) is 11.1 Å². The Morgan fingerprint density at radius 3 is 1.44 bits per heavy atom. The second-order valence-electron chi connectivity index (χ2n) is 22.5. The number of rotatable bonds is 12. The van der Waals surface area contributed by atoms with Gasteiger partial charge in [0.15, 0.2) is 0 Å². The molecule has 0 aromatic carbocycles. The highest BCUT2D eigenvalue weighted by Crippen LogP contribution is 2.68. The first-order chi connectivity index (χ1) is 31.0. The van der Waals surface area contributed by atoms with Gasteiger partial charge in [0.05, 0.1) is 12.2 Å². The lowest BCUT2D eigenvalue weighted by Crippen LogP contribution is -2.50. The van der Waals surface area contributed by atoms with Crippen LogP contribution in [-0.4, -0.2) is 54.8 Å². The zero-order valence-corrected chi connectivity index (χ0v) is 39.9. The number of ether oxygens (including phenoxy) is 4. The van der Waals surface area contributed by atoms with Gasteiger partial charge in [0.1, 0.15) is 13.2 Å². The van der Waals surface area contributed by atoms with E-state index < -0.39 is 6.16 Å². The fourth-order valence-electron chi connectivity index (χ4n) is 16.5. The maximum Gasteiger partial charge on any atom is 0.508 e. The number of fused-ring (bicyclic) bond motifs is 10. The van der Waals surface area contributed by atoms with E-state index in [0.717, 1.165) is 25.7 Å². The van der Waals surface area contributed by atoms with Crippen LogP contribution in [0.2, 0.25) is 0 Å². The topological polar surface area (TPSA) is 79.8 Å². The van der Waals surface area contributed by atoms with Crippen LogP contribution in [0.5, 0.6) is 0 Å². The molecule has 344 valence electrons. The van der Waals surface area contributed by atoms with E-state index >= 15 is 0 Å². The molecule has 0 bridgehead atoms. The Morgan fingerprint density at radius 1 is 0.594 bits per heavy atom. The number of hydrogen-bond donors (Lipinski definition) is 0. The van der Waals surface area contributed by atoms with Crippen molar-refractivity contribution in [2.45, 2.75) is 144 Å². The molecule has 7 heteroatoms. The van der Waals surface area contributed by atoms with E-state index in [1.54, 1.807) is 11.1 Å². The molecule has 0 saturated heterocycles. The van der Waals surface area contributed by atoms with Gasteiger partial charge in [-0.3, -0.25) is 9.97 Å². The molecule has 2 aromatic rings. The van der Waals surface area contributed by atoms with E-state index in [9.17, 15) is 4.79 Å². The van der Waals surface area contributed by atoms with Gasteiger partial charge < -0.3 is 18.9 Å². The Hall–Kier alpha value is -3.55. The van der Waals surface area contributed by atoms with Crippen molar-refractivity contribution in [1.29, 1.82) is 0 Å². The quantitative estimate of drug-likeness (QED) is 0.155. The Kier molecular flexibility index (Phi) is 12.2. The van der Waals surface area contributed by atoms with Crippen molar-refractivity contribution in [2.75, 3.05) is 26.4 Å². The highest BCUT2D eigenvalue weighted by atomic mass is 16.7. The molecule has 4 fully saturated rings. The second kappa shape index (κ2) is 17.6. The Labute approximate surface area is 384 Å². The molecule has 2 unspecified atom stereocenters. The minimum Gasteiger partial charge on any atom is -0.432 e. The van der Waals surface area contributed by atoms with Crippen LogP contribution in [-0.2, 0) is 18.9 Å². The summed E-state index contributed by atoms with van der Waals surface area (Å²) in [5, 5.41) is 0. The maximum atomic E-state index is 13.4. The predicted octanol–water partition coefficient (Wildman–Crippen LogP) is 13.3. The molecular formula is C57H76N2O5. The molecule has 14 atom stereocenters. The lowest BCUT2D eigenvalue weighted by Gasteiger charge is -2.58. The fourth-order valence-corrected chi connectivity index (χ4v) is 16.5. The molecule has 0 amide bonds. The van der Waals surface area contributed by atoms with E-state index in [4.69, 9.17) is 18.9 Å². The third kappa shape index (κ3) is 7.49. The summed E-state index contributed by atoms with van der Waals surface area (Å²) in [5.41, 5.74) is 9.83. The van der Waals surface area contributed by atoms with Crippen molar-refractivity contribution >= 4 is 17.3 Å². The van der Waals surface area contributed by atoms with E-state index in [-0.39, 0.29) is 47.1 Å². The van der Waals surface area contributed by atoms with Crippen LogP contribution in [0.15, 0.2) is 84.5 Å². The summed E-state index contributed by atoms with van der Waals surface area (Å²) in [6.45, 7) is 16.0. The monoisotopic (exact) mass is 869 g/mol. The van der Waals surface area contributed by atoms with Crippen molar-refractivity contribution in [3.05, 3.63) is 95.6 Å². The number of carbonyl (C=O) groups is 1. The van der Waals surface area contributed by atoms with E-state index in [2.05, 4.69) is 112 Å². The SMILES string of the molecule is CCOC(COC(=O)OCC(OCC)[C@H]1CC[C@@]2(C)C(=CC[C@@H]3[C@@H]2CC[C@]2(C)C(c4cccnc4)=CC[C@@H]32)C1)[C@H]1CC[C@@]2(C)C(=CC[C@@H]3[C@@H]2CC[C@]2(C)C(c4cccnc4)=CC[C@@H]32)C1. The Balaban J connectivity index is 0.733. The van der Waals surface area contributed by atoms with Gasteiger partial charge in [-0.05, 0) is 207 Å². The summed E-state index contributed by atoms with van der Waals surface area (Å²) in [6, 6.07) is 8.67. The number of allylic oxidation sites excluding steroid dienone is 8. The number of carbonyl (C=O) groups excluding carboxylic acids is 1. The highest BCUT2D eigenvalue weighted by Gasteiger charge is 2.59. The maximum absolute atomic E-state index is 13.4. The van der Waals surface area contributed by atoms with Gasteiger partial charge in [-0.2, -0.15) is 0 Å². The smallest absolute Gasteiger partial charge is 0.432 e. The van der Waals surface area contributed by atoms with Crippen LogP contribution >= 0.6 is 0 Å². The number of aromatic nitrogens is 2. The summed E-state index contributed by atoms with van der Waals surface area (Å²) in [6.07, 6.45) is 33.7. The minimum atomic E-state index is -0.600. The molecule has 64 heavy (non-hydrogen) atoms. The molecule has 8 aliphatic carbocycles. The molecule has 2 heterocycles. The third-order valence-electron chi connectivity index (χ3n) is 19.9. The van der Waals surface area contributed by atoms with Gasteiger partial charge in [-0.15, -0.1) is 0 Å². The summed E-state index contributed by atoms with van der Waals surface area (Å²) in [7, 11) is 0. The molecule has 10 rings (SSSR count). The molecule has 7 nitrogen and oxygen atoms in total. The van der Waals surface area contributed by atoms with E-state index in [0.29, 0.717) is 60.6 Å². The van der Waals surface area contributed by atoms with Crippen LogP contribution in [0.1, 0.15) is 143 Å². The van der Waals surface area contributed by atoms with Crippen LogP contribution < -0.4 is 0 Å². The molecule has 4 saturated carbocycles. The van der Waals surface area contributed by atoms with Crippen molar-refractivity contribution in [3.63, 3.8) is 0 Å². The van der Waals surface area contributed by atoms with Gasteiger partial charge in [0.2, 0.25) is 0 Å². The largest absolute Gasteiger partial charge is 0.508 e. The van der Waals surface area contributed by atoms with Crippen molar-refractivity contribution < 1.29 is 23.7 Å². The average Bonchev–Trinajstić information content (AvgIpc) is 3.86. The Morgan fingerprint density at radius 2 is 1.03 bits per heavy atom. The number of pyridine rings is 2. The second-order valence-corrected chi connectivity index (χ2v) is 22.5. The summed E-state index contributed by atoms with van der Waals surface area (Å²) in [5.74, 6) is 4.88. The normalized spacial score (nSPS) is 39.5. The van der Waals surface area contributed by atoms with Gasteiger partial charge in [-0.25, -0.2) is 4.79 Å². The number of nitrogens with zero attached hydrogens (tertiary/aromatic N) is 2. The number of hydrogen-bond acceptors (Lipinski definition) is 7. The first-order valence-corrected chi connectivity index (χ1v) is 25.6. The summed E-state index contributed by atoms with van der Waals surface area (Å²) >= 11 is 0. The molecule has 0 spiro atoms. The lowest BCUT2D eigenvalue weighted by atomic mass is 9.46. The summed E-state index contributed by atoms with van der Waals surface area (Å²) in [4.78, 5) is 22.3. The summed E-state index contributed by atoms with van der Waals surface area (Å²) < 4.78 is 24.6. The molecule has 0 N–H and O–H groups in total. The predicted molar refractivity (Wildman–Crippen MR) is 254 cm³/mol. The first kappa shape index (κ1) is 44.3. The van der Waals surface area contributed by atoms with Gasteiger partial charge >= 0.3 is 6.16 Å². The molecular weight excluding hydrogens is 793 g/mol. The lowest BCUT2D eigenvalue weighted by molar-refractivity contribution is -0.0756. The molecule has 0 radical (unpaired) electrons. The van der Waals surface area contributed by atoms with Crippen LogP contribution in [0, 0.1) is 69.0 Å². The van der Waals surface area contributed by atoms with Crippen LogP contribution in [0.4, 0.5) is 4.79 Å². The van der Waals surface area contributed by atoms with Crippen molar-refractivity contribution in [3.8, 4) is 0 Å². The molecule has 8 aliphatic rings. The van der Waals surface area contributed by atoms with Gasteiger partial charge in [0.25, 0.3) is 0 Å². The zero-order valence-electron chi connectivity index (χ0n) is 39.9. The minimum absolute atomic E-state index is 0.142. The highest BCUT2D eigenvalue weighted by molar-refractivity contribution is 5.73. The van der Waals surface area contributed by atoms with Gasteiger partial charge in [-0.1, -0.05) is 75.3 Å². The standard InChI is InChI=1S/C57H76N2O5/c1-7-61-51(37-21-25-54(3)41(31-37)13-15-43-47-19-17-45(39-11-9-29-58-33-39)56(47,5)27-23-49(43)54)35-63-53(60)64-36-52(62-8-2)38-22-26-55(4)42(32-38)14-16-44-48-20-18-46(40-12-10-30-59-34-40)57(48,6)28-24-50(44)55/h9-14,17-18,29-30,33-34,37-38,43-44,47-52H,7-8,15-16,19-28,31-32,35-36H2,1-6H3/t37-,38-,43-,44-,47-,48-,49-,50-,51?,52?,54-,55-,56+,57+/m0/s1. The third-order valence-corrected chi connectivity index (χ3v) is 19.9.